The topological polar surface area (TPSA) is 75.6 Å². The van der Waals surface area contributed by atoms with Crippen molar-refractivity contribution in [2.24, 2.45) is 0 Å². The molecule has 0 aromatic heterocycles. The summed E-state index contributed by atoms with van der Waals surface area (Å²) < 4.78 is 5.17. The van der Waals surface area contributed by atoms with Crippen molar-refractivity contribution in [2.75, 3.05) is 6.61 Å². The number of benzene rings is 1. The van der Waals surface area contributed by atoms with Crippen molar-refractivity contribution < 1.29 is 19.4 Å². The van der Waals surface area contributed by atoms with Gasteiger partial charge in [0.05, 0.1) is 5.54 Å². The molecule has 0 atom stereocenters. The van der Waals surface area contributed by atoms with Crippen molar-refractivity contribution in [1.82, 2.24) is 5.32 Å². The van der Waals surface area contributed by atoms with Gasteiger partial charge in [-0.1, -0.05) is 23.7 Å². The second-order valence-electron chi connectivity index (χ2n) is 4.94. The predicted octanol–water partition coefficient (Wildman–Crippen LogP) is 1.81. The van der Waals surface area contributed by atoms with Crippen LogP contribution < -0.4 is 5.32 Å². The number of Topliss-reactive ketones (excluding diaryl/α,β-unsaturated/α-hetero) is 1. The van der Waals surface area contributed by atoms with Gasteiger partial charge in [-0.2, -0.15) is 0 Å². The first kappa shape index (κ1) is 13.0. The fourth-order valence-electron chi connectivity index (χ4n) is 2.32. The van der Waals surface area contributed by atoms with E-state index in [1.54, 1.807) is 12.1 Å². The monoisotopic (exact) mass is 293 g/mol. The molecule has 0 bridgehead atoms. The summed E-state index contributed by atoms with van der Waals surface area (Å²) in [5.74, 6) is -1.70. The SMILES string of the molecule is O=C(O)C1=C(NC2(c3ccc(Cl)cc3)CC2)OCC1=O. The number of hydrogen-bond acceptors (Lipinski definition) is 4. The molecule has 5 nitrogen and oxygen atoms in total. The number of carboxylic acids is 1. The number of hydrogen-bond donors (Lipinski definition) is 2. The minimum Gasteiger partial charge on any atom is -0.477 e. The number of ether oxygens (including phenoxy) is 1. The van der Waals surface area contributed by atoms with Gasteiger partial charge in [-0.15, -0.1) is 0 Å². The van der Waals surface area contributed by atoms with Crippen molar-refractivity contribution in [1.29, 1.82) is 0 Å². The minimum absolute atomic E-state index is 0.0648. The Morgan fingerprint density at radius 3 is 2.50 bits per heavy atom. The van der Waals surface area contributed by atoms with Gasteiger partial charge in [-0.3, -0.25) is 4.79 Å². The molecule has 0 saturated heterocycles. The van der Waals surface area contributed by atoms with Gasteiger partial charge in [0.1, 0.15) is 0 Å². The summed E-state index contributed by atoms with van der Waals surface area (Å²) in [5, 5.41) is 12.8. The Labute approximate surface area is 120 Å². The van der Waals surface area contributed by atoms with Crippen LogP contribution in [0.1, 0.15) is 18.4 Å². The molecular formula is C14H12ClNO4. The molecule has 1 fully saturated rings. The van der Waals surface area contributed by atoms with E-state index >= 15 is 0 Å². The van der Waals surface area contributed by atoms with Gasteiger partial charge in [0.2, 0.25) is 11.7 Å². The van der Waals surface area contributed by atoms with Crippen molar-refractivity contribution >= 4 is 23.4 Å². The van der Waals surface area contributed by atoms with Gasteiger partial charge in [0.25, 0.3) is 0 Å². The summed E-state index contributed by atoms with van der Waals surface area (Å²) >= 11 is 5.86. The van der Waals surface area contributed by atoms with Gasteiger partial charge in [0.15, 0.2) is 12.2 Å². The maximum Gasteiger partial charge on any atom is 0.344 e. The standard InChI is InChI=1S/C14H12ClNO4/c15-9-3-1-8(2-4-9)14(5-6-14)16-12-11(13(18)19)10(17)7-20-12/h1-4,16H,5-7H2,(H,18,19). The number of halogens is 1. The van der Waals surface area contributed by atoms with Crippen LogP contribution in [0.25, 0.3) is 0 Å². The Morgan fingerprint density at radius 1 is 1.30 bits per heavy atom. The highest BCUT2D eigenvalue weighted by molar-refractivity contribution is 6.30. The zero-order valence-corrected chi connectivity index (χ0v) is 11.2. The fraction of sp³-hybridized carbons (Fsp3) is 0.286. The summed E-state index contributed by atoms with van der Waals surface area (Å²) in [5.41, 5.74) is 0.345. The molecule has 2 aliphatic rings. The van der Waals surface area contributed by atoms with Crippen LogP contribution in [0, 0.1) is 0 Å². The summed E-state index contributed by atoms with van der Waals surface area (Å²) in [6, 6.07) is 7.35. The normalized spacial score (nSPS) is 19.8. The molecule has 2 N–H and O–H groups in total. The van der Waals surface area contributed by atoms with Gasteiger partial charge in [-0.05, 0) is 30.5 Å². The molecule has 0 amide bonds. The van der Waals surface area contributed by atoms with Crippen LogP contribution in [-0.2, 0) is 19.9 Å². The van der Waals surface area contributed by atoms with E-state index in [0.29, 0.717) is 5.02 Å². The highest BCUT2D eigenvalue weighted by Gasteiger charge is 2.47. The quantitative estimate of drug-likeness (QED) is 0.828. The number of rotatable bonds is 4. The van der Waals surface area contributed by atoms with Gasteiger partial charge < -0.3 is 15.2 Å². The lowest BCUT2D eigenvalue weighted by Gasteiger charge is -2.19. The first-order valence-electron chi connectivity index (χ1n) is 6.20. The lowest BCUT2D eigenvalue weighted by atomic mass is 10.0. The highest BCUT2D eigenvalue weighted by Crippen LogP contribution is 2.47. The first-order valence-corrected chi connectivity index (χ1v) is 6.57. The van der Waals surface area contributed by atoms with Crippen LogP contribution >= 0.6 is 11.6 Å². The van der Waals surface area contributed by atoms with E-state index < -0.39 is 11.8 Å². The molecule has 0 spiro atoms. The maximum absolute atomic E-state index is 11.5. The van der Waals surface area contributed by atoms with E-state index in [1.165, 1.54) is 0 Å². The van der Waals surface area contributed by atoms with Crippen molar-refractivity contribution in [3.63, 3.8) is 0 Å². The Hall–Kier alpha value is -2.01. The zero-order valence-electron chi connectivity index (χ0n) is 10.5. The minimum atomic E-state index is -1.26. The van der Waals surface area contributed by atoms with Gasteiger partial charge >= 0.3 is 5.97 Å². The number of carbonyl (C=O) groups excluding carboxylic acids is 1. The Kier molecular flexibility index (Phi) is 2.94. The van der Waals surface area contributed by atoms with Gasteiger partial charge in [-0.25, -0.2) is 4.79 Å². The van der Waals surface area contributed by atoms with Crippen molar-refractivity contribution in [2.45, 2.75) is 18.4 Å². The molecule has 104 valence electrons. The van der Waals surface area contributed by atoms with Gasteiger partial charge in [0, 0.05) is 5.02 Å². The number of carbonyl (C=O) groups is 2. The molecule has 6 heteroatoms. The molecular weight excluding hydrogens is 282 g/mol. The number of carboxylic acid groups (broad SMARTS) is 1. The third kappa shape index (κ3) is 2.14. The molecule has 0 radical (unpaired) electrons. The summed E-state index contributed by atoms with van der Waals surface area (Å²) in [7, 11) is 0. The molecule has 0 unspecified atom stereocenters. The van der Waals surface area contributed by atoms with Crippen LogP contribution in [0.4, 0.5) is 0 Å². The first-order chi connectivity index (χ1) is 9.52. The second kappa shape index (κ2) is 4.52. The van der Waals surface area contributed by atoms with E-state index in [4.69, 9.17) is 21.4 Å². The van der Waals surface area contributed by atoms with Crippen LogP contribution in [0.5, 0.6) is 0 Å². The average Bonchev–Trinajstić information content (AvgIpc) is 3.08. The largest absolute Gasteiger partial charge is 0.477 e. The molecule has 1 heterocycles. The molecule has 1 aliphatic carbocycles. The molecule has 1 aromatic carbocycles. The fourth-order valence-corrected chi connectivity index (χ4v) is 2.45. The Balaban J connectivity index is 1.89. The number of nitrogens with one attached hydrogen (secondary N) is 1. The summed E-state index contributed by atoms with van der Waals surface area (Å²) in [6.07, 6.45) is 1.70. The van der Waals surface area contributed by atoms with E-state index in [1.807, 2.05) is 12.1 Å². The number of ketones is 1. The lowest BCUT2D eigenvalue weighted by molar-refractivity contribution is -0.134. The average molecular weight is 294 g/mol. The predicted molar refractivity (Wildman–Crippen MR) is 71.1 cm³/mol. The van der Waals surface area contributed by atoms with E-state index in [2.05, 4.69) is 5.32 Å². The van der Waals surface area contributed by atoms with Crippen LogP contribution in [0.2, 0.25) is 5.02 Å². The van der Waals surface area contributed by atoms with E-state index in [9.17, 15) is 9.59 Å². The summed E-state index contributed by atoms with van der Waals surface area (Å²) in [4.78, 5) is 22.6. The highest BCUT2D eigenvalue weighted by atomic mass is 35.5. The molecule has 1 aliphatic heterocycles. The van der Waals surface area contributed by atoms with Crippen LogP contribution in [-0.4, -0.2) is 23.5 Å². The summed E-state index contributed by atoms with van der Waals surface area (Å²) in [6.45, 7) is -0.222. The third-order valence-corrected chi connectivity index (χ3v) is 3.82. The molecule has 1 saturated carbocycles. The molecule has 1 aromatic rings. The maximum atomic E-state index is 11.5. The zero-order chi connectivity index (χ0) is 14.3. The number of aliphatic carboxylic acids is 1. The molecule has 3 rings (SSSR count). The Bertz CT molecular complexity index is 617. The lowest BCUT2D eigenvalue weighted by Crippen LogP contribution is -2.30. The van der Waals surface area contributed by atoms with Crippen LogP contribution in [0.15, 0.2) is 35.7 Å². The van der Waals surface area contributed by atoms with Crippen molar-refractivity contribution in [3.05, 3.63) is 46.3 Å². The third-order valence-electron chi connectivity index (χ3n) is 3.57. The van der Waals surface area contributed by atoms with E-state index in [0.717, 1.165) is 18.4 Å². The molecule has 20 heavy (non-hydrogen) atoms. The van der Waals surface area contributed by atoms with Crippen LogP contribution in [0.3, 0.4) is 0 Å². The smallest absolute Gasteiger partial charge is 0.344 e. The second-order valence-corrected chi connectivity index (χ2v) is 5.37. The van der Waals surface area contributed by atoms with E-state index in [-0.39, 0.29) is 23.6 Å². The Morgan fingerprint density at radius 2 is 1.95 bits per heavy atom. The van der Waals surface area contributed by atoms with Crippen molar-refractivity contribution in [3.8, 4) is 0 Å².